The molecule has 2 aromatic heterocycles. The lowest BCUT2D eigenvalue weighted by Gasteiger charge is -2.28. The number of hydrogen-bond donors (Lipinski definition) is 1. The van der Waals surface area contributed by atoms with E-state index in [4.69, 9.17) is 4.42 Å². The number of amides is 1. The fraction of sp³-hybridized carbons (Fsp3) is 0.526. The number of aryl methyl sites for hydroxylation is 1. The highest BCUT2D eigenvalue weighted by molar-refractivity contribution is 7.99. The Morgan fingerprint density at radius 2 is 2.24 bits per heavy atom. The van der Waals surface area contributed by atoms with E-state index in [0.717, 1.165) is 24.4 Å². The first-order valence-electron chi connectivity index (χ1n) is 9.66. The molecule has 1 fully saturated rings. The van der Waals surface area contributed by atoms with Crippen molar-refractivity contribution in [2.24, 2.45) is 0 Å². The number of furan rings is 1. The van der Waals surface area contributed by atoms with Gasteiger partial charge in [0.1, 0.15) is 17.3 Å². The SMILES string of the molecule is CCCCN(C(=O)CSc1n[nH]c(/C=C/c2ccc(C)o2)n1)C1CCS(=O)(=O)C1. The Morgan fingerprint density at radius 1 is 1.41 bits per heavy atom. The molecule has 0 spiro atoms. The summed E-state index contributed by atoms with van der Waals surface area (Å²) in [6.45, 7) is 4.51. The molecule has 1 aliphatic rings. The van der Waals surface area contributed by atoms with Crippen molar-refractivity contribution in [2.75, 3.05) is 23.8 Å². The maximum Gasteiger partial charge on any atom is 0.233 e. The van der Waals surface area contributed by atoms with E-state index in [1.54, 1.807) is 17.1 Å². The number of H-pyrrole nitrogens is 1. The van der Waals surface area contributed by atoms with Gasteiger partial charge in [0.25, 0.3) is 0 Å². The summed E-state index contributed by atoms with van der Waals surface area (Å²) >= 11 is 1.24. The van der Waals surface area contributed by atoms with Crippen LogP contribution in [-0.2, 0) is 14.6 Å². The Hall–Kier alpha value is -2.07. The Morgan fingerprint density at radius 3 is 2.90 bits per heavy atom. The summed E-state index contributed by atoms with van der Waals surface area (Å²) in [4.78, 5) is 18.8. The van der Waals surface area contributed by atoms with Crippen molar-refractivity contribution in [3.8, 4) is 0 Å². The van der Waals surface area contributed by atoms with E-state index < -0.39 is 9.84 Å². The predicted molar refractivity (Wildman–Crippen MR) is 113 cm³/mol. The van der Waals surface area contributed by atoms with Gasteiger partial charge in [0.15, 0.2) is 9.84 Å². The van der Waals surface area contributed by atoms with E-state index >= 15 is 0 Å². The molecule has 8 nitrogen and oxygen atoms in total. The number of nitrogens with zero attached hydrogens (tertiary/aromatic N) is 3. The molecular formula is C19H26N4O4S2. The number of unbranched alkanes of at least 4 members (excludes halogenated alkanes) is 1. The van der Waals surface area contributed by atoms with Crippen molar-refractivity contribution >= 4 is 39.7 Å². The summed E-state index contributed by atoms with van der Waals surface area (Å²) in [5.74, 6) is 2.46. The molecule has 2 aromatic rings. The molecule has 1 atom stereocenters. The van der Waals surface area contributed by atoms with Gasteiger partial charge in [0, 0.05) is 12.6 Å². The summed E-state index contributed by atoms with van der Waals surface area (Å²) in [6.07, 6.45) is 5.87. The highest BCUT2D eigenvalue weighted by atomic mass is 32.2. The molecule has 0 aliphatic carbocycles. The molecule has 3 rings (SSSR count). The Bertz CT molecular complexity index is 965. The molecule has 0 aromatic carbocycles. The third-order valence-corrected chi connectivity index (χ3v) is 7.28. The van der Waals surface area contributed by atoms with Gasteiger partial charge in [-0.05, 0) is 44.1 Å². The quantitative estimate of drug-likeness (QED) is 0.600. The van der Waals surface area contributed by atoms with E-state index in [1.807, 2.05) is 19.1 Å². The van der Waals surface area contributed by atoms with Crippen molar-refractivity contribution in [3.63, 3.8) is 0 Å². The van der Waals surface area contributed by atoms with E-state index in [1.165, 1.54) is 11.8 Å². The van der Waals surface area contributed by atoms with Gasteiger partial charge in [-0.25, -0.2) is 13.4 Å². The highest BCUT2D eigenvalue weighted by Gasteiger charge is 2.34. The van der Waals surface area contributed by atoms with Crippen molar-refractivity contribution < 1.29 is 17.6 Å². The van der Waals surface area contributed by atoms with Crippen LogP contribution < -0.4 is 0 Å². The molecule has 1 amide bonds. The summed E-state index contributed by atoms with van der Waals surface area (Å²) in [5.41, 5.74) is 0. The monoisotopic (exact) mass is 438 g/mol. The summed E-state index contributed by atoms with van der Waals surface area (Å²) in [6, 6.07) is 3.53. The second-order valence-electron chi connectivity index (χ2n) is 7.07. The van der Waals surface area contributed by atoms with Crippen LogP contribution in [-0.4, -0.2) is 64.3 Å². The first-order valence-corrected chi connectivity index (χ1v) is 12.5. The molecule has 1 aliphatic heterocycles. The third kappa shape index (κ3) is 6.20. The number of aromatic amines is 1. The average molecular weight is 439 g/mol. The number of nitrogens with one attached hydrogen (secondary N) is 1. The second-order valence-corrected chi connectivity index (χ2v) is 10.2. The van der Waals surface area contributed by atoms with Crippen LogP contribution in [0.4, 0.5) is 0 Å². The van der Waals surface area contributed by atoms with Crippen LogP contribution in [0.25, 0.3) is 12.2 Å². The Kier molecular flexibility index (Phi) is 7.18. The van der Waals surface area contributed by atoms with Crippen molar-refractivity contribution in [1.29, 1.82) is 0 Å². The normalized spacial score (nSPS) is 18.5. The van der Waals surface area contributed by atoms with Crippen LogP contribution in [0.1, 0.15) is 43.5 Å². The molecule has 158 valence electrons. The fourth-order valence-electron chi connectivity index (χ4n) is 3.17. The zero-order chi connectivity index (χ0) is 20.9. The molecule has 29 heavy (non-hydrogen) atoms. The summed E-state index contributed by atoms with van der Waals surface area (Å²) in [5, 5.41) is 7.42. The lowest BCUT2D eigenvalue weighted by molar-refractivity contribution is -0.130. The zero-order valence-corrected chi connectivity index (χ0v) is 18.3. The molecule has 1 unspecified atom stereocenters. The number of carbonyl (C=O) groups excluding carboxylic acids is 1. The molecule has 1 saturated heterocycles. The lowest BCUT2D eigenvalue weighted by atomic mass is 10.2. The largest absolute Gasteiger partial charge is 0.462 e. The van der Waals surface area contributed by atoms with Crippen LogP contribution in [0.2, 0.25) is 0 Å². The van der Waals surface area contributed by atoms with Crippen LogP contribution in [0.5, 0.6) is 0 Å². The fourth-order valence-corrected chi connectivity index (χ4v) is 5.59. The average Bonchev–Trinajstić information content (AvgIpc) is 3.39. The van der Waals surface area contributed by atoms with Gasteiger partial charge in [-0.15, -0.1) is 5.10 Å². The van der Waals surface area contributed by atoms with E-state index in [-0.39, 0.29) is 29.2 Å². The summed E-state index contributed by atoms with van der Waals surface area (Å²) in [7, 11) is -3.04. The van der Waals surface area contributed by atoms with Gasteiger partial charge in [0.2, 0.25) is 11.1 Å². The number of thioether (sulfide) groups is 1. The first kappa shape index (κ1) is 21.6. The van der Waals surface area contributed by atoms with Gasteiger partial charge in [-0.2, -0.15) is 0 Å². The maximum atomic E-state index is 12.8. The van der Waals surface area contributed by atoms with E-state index in [9.17, 15) is 13.2 Å². The molecule has 1 N–H and O–H groups in total. The Balaban J connectivity index is 1.56. The molecule has 0 saturated carbocycles. The van der Waals surface area contributed by atoms with Crippen molar-refractivity contribution in [1.82, 2.24) is 20.1 Å². The number of sulfone groups is 1. The van der Waals surface area contributed by atoms with Gasteiger partial charge in [0.05, 0.1) is 17.3 Å². The topological polar surface area (TPSA) is 109 Å². The van der Waals surface area contributed by atoms with Crippen LogP contribution >= 0.6 is 11.8 Å². The zero-order valence-electron chi connectivity index (χ0n) is 16.6. The number of hydrogen-bond acceptors (Lipinski definition) is 7. The first-order chi connectivity index (χ1) is 13.9. The number of aromatic nitrogens is 3. The molecule has 0 radical (unpaired) electrons. The van der Waals surface area contributed by atoms with E-state index in [0.29, 0.717) is 23.9 Å². The molecule has 10 heteroatoms. The molecule has 3 heterocycles. The van der Waals surface area contributed by atoms with Crippen LogP contribution in [0.3, 0.4) is 0 Å². The third-order valence-electron chi connectivity index (χ3n) is 4.70. The van der Waals surface area contributed by atoms with Crippen LogP contribution in [0.15, 0.2) is 21.7 Å². The smallest absolute Gasteiger partial charge is 0.233 e. The van der Waals surface area contributed by atoms with Gasteiger partial charge in [-0.3, -0.25) is 9.89 Å². The lowest BCUT2D eigenvalue weighted by Crippen LogP contribution is -2.42. The summed E-state index contributed by atoms with van der Waals surface area (Å²) < 4.78 is 29.1. The van der Waals surface area contributed by atoms with Crippen molar-refractivity contribution in [3.05, 3.63) is 29.5 Å². The molecular weight excluding hydrogens is 412 g/mol. The van der Waals surface area contributed by atoms with Crippen LogP contribution in [0, 0.1) is 6.92 Å². The van der Waals surface area contributed by atoms with Gasteiger partial charge < -0.3 is 9.32 Å². The number of carbonyl (C=O) groups is 1. The van der Waals surface area contributed by atoms with Gasteiger partial charge >= 0.3 is 0 Å². The number of rotatable bonds is 9. The second kappa shape index (κ2) is 9.62. The highest BCUT2D eigenvalue weighted by Crippen LogP contribution is 2.21. The maximum absolute atomic E-state index is 12.8. The van der Waals surface area contributed by atoms with Gasteiger partial charge in [-0.1, -0.05) is 25.1 Å². The minimum atomic E-state index is -3.04. The predicted octanol–water partition coefficient (Wildman–Crippen LogP) is 2.78. The van der Waals surface area contributed by atoms with Crippen molar-refractivity contribution in [2.45, 2.75) is 44.3 Å². The standard InChI is InChI=1S/C19H26N4O4S2/c1-3-4-10-23(15-9-11-29(25,26)13-15)18(24)12-28-19-20-17(21-22-19)8-7-16-6-5-14(2)27-16/h5-8,15H,3-4,9-13H2,1-2H3,(H,20,21,22)/b8-7+. The Labute approximate surface area is 175 Å². The minimum absolute atomic E-state index is 0.0645. The molecule has 0 bridgehead atoms. The minimum Gasteiger partial charge on any atom is -0.462 e. The van der Waals surface area contributed by atoms with E-state index in [2.05, 4.69) is 22.1 Å².